The lowest BCUT2D eigenvalue weighted by atomic mass is 10.0. The third-order valence-electron chi connectivity index (χ3n) is 3.34. The predicted molar refractivity (Wildman–Crippen MR) is 81.6 cm³/mol. The third kappa shape index (κ3) is 4.04. The van der Waals surface area contributed by atoms with Crippen LogP contribution in [0, 0.1) is 11.3 Å². The Morgan fingerprint density at radius 1 is 1.29 bits per heavy atom. The molecule has 2 unspecified atom stereocenters. The van der Waals surface area contributed by atoms with Gasteiger partial charge < -0.3 is 10.5 Å². The van der Waals surface area contributed by atoms with Crippen LogP contribution in [0.1, 0.15) is 30.6 Å². The van der Waals surface area contributed by atoms with E-state index in [-0.39, 0.29) is 12.1 Å². The summed E-state index contributed by atoms with van der Waals surface area (Å²) in [5.41, 5.74) is 8.12. The van der Waals surface area contributed by atoms with Crippen LogP contribution < -0.4 is 10.5 Å². The molecule has 2 atom stereocenters. The average molecular weight is 281 g/mol. The largest absolute Gasteiger partial charge is 0.484 e. The Hall–Kier alpha value is -2.38. The van der Waals surface area contributed by atoms with E-state index in [1.165, 1.54) is 0 Å². The van der Waals surface area contributed by atoms with Gasteiger partial charge in [-0.15, -0.1) is 0 Å². The third-order valence-corrected chi connectivity index (χ3v) is 3.34. The Labute approximate surface area is 125 Å². The average Bonchev–Trinajstić information content (AvgIpc) is 2.54. The highest BCUT2D eigenvalue weighted by atomic mass is 16.5. The molecule has 0 aliphatic carbocycles. The van der Waals surface area contributed by atoms with E-state index in [1.54, 1.807) is 12.4 Å². The lowest BCUT2D eigenvalue weighted by Gasteiger charge is -2.24. The zero-order chi connectivity index (χ0) is 15.1. The van der Waals surface area contributed by atoms with Crippen LogP contribution in [-0.2, 0) is 6.42 Å². The van der Waals surface area contributed by atoms with Gasteiger partial charge in [0.25, 0.3) is 0 Å². The number of nitriles is 1. The van der Waals surface area contributed by atoms with Crippen molar-refractivity contribution in [1.29, 1.82) is 5.26 Å². The van der Waals surface area contributed by atoms with E-state index in [2.05, 4.69) is 11.1 Å². The molecule has 2 rings (SSSR count). The molecule has 0 aliphatic rings. The monoisotopic (exact) mass is 281 g/mol. The SMILES string of the molecule is CCC(N)C(Oc1ccc(CC#N)cc1)c1cccnc1. The number of benzene rings is 1. The molecule has 2 N–H and O–H groups in total. The van der Waals surface area contributed by atoms with Crippen molar-refractivity contribution in [1.82, 2.24) is 4.98 Å². The van der Waals surface area contributed by atoms with E-state index in [0.717, 1.165) is 23.3 Å². The van der Waals surface area contributed by atoms with Gasteiger partial charge in [0, 0.05) is 24.0 Å². The van der Waals surface area contributed by atoms with Gasteiger partial charge in [0.2, 0.25) is 0 Å². The van der Waals surface area contributed by atoms with Crippen LogP contribution in [0.3, 0.4) is 0 Å². The maximum Gasteiger partial charge on any atom is 0.140 e. The van der Waals surface area contributed by atoms with Crippen molar-refractivity contribution in [2.75, 3.05) is 0 Å². The number of rotatable bonds is 6. The summed E-state index contributed by atoms with van der Waals surface area (Å²) >= 11 is 0. The minimum atomic E-state index is -0.231. The van der Waals surface area contributed by atoms with Gasteiger partial charge in [-0.2, -0.15) is 5.26 Å². The van der Waals surface area contributed by atoms with E-state index in [4.69, 9.17) is 15.7 Å². The zero-order valence-corrected chi connectivity index (χ0v) is 12.1. The fraction of sp³-hybridized carbons (Fsp3) is 0.294. The number of hydrogen-bond acceptors (Lipinski definition) is 4. The van der Waals surface area contributed by atoms with Gasteiger partial charge in [0.05, 0.1) is 12.5 Å². The Morgan fingerprint density at radius 3 is 2.62 bits per heavy atom. The van der Waals surface area contributed by atoms with Gasteiger partial charge in [-0.25, -0.2) is 0 Å². The van der Waals surface area contributed by atoms with Gasteiger partial charge in [-0.3, -0.25) is 4.98 Å². The molecular formula is C17H19N3O. The lowest BCUT2D eigenvalue weighted by Crippen LogP contribution is -2.31. The van der Waals surface area contributed by atoms with Crippen molar-refractivity contribution in [3.63, 3.8) is 0 Å². The van der Waals surface area contributed by atoms with E-state index < -0.39 is 0 Å². The molecule has 108 valence electrons. The summed E-state index contributed by atoms with van der Waals surface area (Å²) in [6, 6.07) is 13.4. The topological polar surface area (TPSA) is 71.9 Å². The Morgan fingerprint density at radius 2 is 2.05 bits per heavy atom. The van der Waals surface area contributed by atoms with E-state index in [9.17, 15) is 0 Å². The first-order chi connectivity index (χ1) is 10.2. The second-order valence-corrected chi connectivity index (χ2v) is 4.88. The molecule has 2 aromatic rings. The number of nitrogens with zero attached hydrogens (tertiary/aromatic N) is 2. The molecule has 1 aromatic carbocycles. The number of hydrogen-bond donors (Lipinski definition) is 1. The summed E-state index contributed by atoms with van der Waals surface area (Å²) in [5, 5.41) is 8.68. The molecule has 4 heteroatoms. The van der Waals surface area contributed by atoms with Crippen molar-refractivity contribution in [3.05, 3.63) is 59.9 Å². The molecule has 1 aromatic heterocycles. The van der Waals surface area contributed by atoms with Crippen molar-refractivity contribution in [2.24, 2.45) is 5.73 Å². The van der Waals surface area contributed by atoms with Gasteiger partial charge in [-0.05, 0) is 30.2 Å². The van der Waals surface area contributed by atoms with Crippen LogP contribution in [0.15, 0.2) is 48.8 Å². The molecule has 0 radical (unpaired) electrons. The number of ether oxygens (including phenoxy) is 1. The van der Waals surface area contributed by atoms with E-state index in [0.29, 0.717) is 6.42 Å². The first kappa shape index (κ1) is 15.0. The highest BCUT2D eigenvalue weighted by molar-refractivity contribution is 5.30. The van der Waals surface area contributed by atoms with Crippen LogP contribution >= 0.6 is 0 Å². The molecule has 1 heterocycles. The van der Waals surface area contributed by atoms with Gasteiger partial charge in [0.15, 0.2) is 0 Å². The van der Waals surface area contributed by atoms with Crippen molar-refractivity contribution >= 4 is 0 Å². The zero-order valence-electron chi connectivity index (χ0n) is 12.1. The summed E-state index contributed by atoms with van der Waals surface area (Å²) in [6.07, 6.45) is 4.50. The van der Waals surface area contributed by atoms with Crippen LogP contribution in [0.25, 0.3) is 0 Å². The predicted octanol–water partition coefficient (Wildman–Crippen LogP) is 3.01. The van der Waals surface area contributed by atoms with E-state index >= 15 is 0 Å². The lowest BCUT2D eigenvalue weighted by molar-refractivity contribution is 0.170. The number of nitrogens with two attached hydrogens (primary N) is 1. The summed E-state index contributed by atoms with van der Waals surface area (Å²) < 4.78 is 6.04. The standard InChI is InChI=1S/C17H19N3O/c1-2-16(19)17(14-4-3-11-20-12-14)21-15-7-5-13(6-8-15)9-10-18/h3-8,11-12,16-17H,2,9,19H2,1H3. The maximum absolute atomic E-state index is 8.68. The summed E-state index contributed by atoms with van der Waals surface area (Å²) in [6.45, 7) is 2.04. The smallest absolute Gasteiger partial charge is 0.140 e. The summed E-state index contributed by atoms with van der Waals surface area (Å²) in [4.78, 5) is 4.13. The summed E-state index contributed by atoms with van der Waals surface area (Å²) in [7, 11) is 0. The van der Waals surface area contributed by atoms with Crippen LogP contribution in [0.4, 0.5) is 0 Å². The molecule has 0 saturated heterocycles. The molecule has 0 amide bonds. The van der Waals surface area contributed by atoms with Gasteiger partial charge >= 0.3 is 0 Å². The molecular weight excluding hydrogens is 262 g/mol. The Balaban J connectivity index is 2.17. The first-order valence-electron chi connectivity index (χ1n) is 7.02. The van der Waals surface area contributed by atoms with Crippen LogP contribution in [0.5, 0.6) is 5.75 Å². The number of aromatic nitrogens is 1. The molecule has 0 spiro atoms. The molecule has 0 fully saturated rings. The summed E-state index contributed by atoms with van der Waals surface area (Å²) in [5.74, 6) is 0.745. The first-order valence-corrected chi connectivity index (χ1v) is 7.02. The highest BCUT2D eigenvalue weighted by Crippen LogP contribution is 2.25. The Bertz CT molecular complexity index is 590. The molecule has 21 heavy (non-hydrogen) atoms. The minimum absolute atomic E-state index is 0.104. The minimum Gasteiger partial charge on any atom is -0.484 e. The number of pyridine rings is 1. The highest BCUT2D eigenvalue weighted by Gasteiger charge is 2.20. The fourth-order valence-corrected chi connectivity index (χ4v) is 2.08. The Kier molecular flexibility index (Phi) is 5.30. The second-order valence-electron chi connectivity index (χ2n) is 4.88. The molecule has 0 aliphatic heterocycles. The fourth-order valence-electron chi connectivity index (χ4n) is 2.08. The normalized spacial score (nSPS) is 13.2. The van der Waals surface area contributed by atoms with Crippen molar-refractivity contribution in [3.8, 4) is 11.8 Å². The van der Waals surface area contributed by atoms with Crippen LogP contribution in [0.2, 0.25) is 0 Å². The van der Waals surface area contributed by atoms with Crippen molar-refractivity contribution < 1.29 is 4.74 Å². The van der Waals surface area contributed by atoms with Gasteiger partial charge in [0.1, 0.15) is 11.9 Å². The van der Waals surface area contributed by atoms with Crippen LogP contribution in [-0.4, -0.2) is 11.0 Å². The second kappa shape index (κ2) is 7.41. The van der Waals surface area contributed by atoms with E-state index in [1.807, 2.05) is 43.3 Å². The van der Waals surface area contributed by atoms with Gasteiger partial charge in [-0.1, -0.05) is 25.1 Å². The maximum atomic E-state index is 8.68. The van der Waals surface area contributed by atoms with Crippen molar-refractivity contribution in [2.45, 2.75) is 31.9 Å². The molecule has 0 saturated carbocycles. The molecule has 4 nitrogen and oxygen atoms in total. The quantitative estimate of drug-likeness (QED) is 0.883. The molecule has 0 bridgehead atoms.